The molecule has 2 heterocycles. The van der Waals surface area contributed by atoms with Gasteiger partial charge in [0.25, 0.3) is 0 Å². The quantitative estimate of drug-likeness (QED) is 0.0266. The van der Waals surface area contributed by atoms with Crippen molar-refractivity contribution in [2.24, 2.45) is 5.92 Å². The van der Waals surface area contributed by atoms with Crippen LogP contribution in [0.5, 0.6) is 5.75 Å². The fourth-order valence-electron chi connectivity index (χ4n) is 8.51. The number of ether oxygens (including phenoxy) is 7. The van der Waals surface area contributed by atoms with Gasteiger partial charge in [0, 0.05) is 53.4 Å². The fourth-order valence-corrected chi connectivity index (χ4v) is 8.84. The highest BCUT2D eigenvalue weighted by molar-refractivity contribution is 6.30. The second-order valence-electron chi connectivity index (χ2n) is 17.7. The summed E-state index contributed by atoms with van der Waals surface area (Å²) in [6.07, 6.45) is 4.63. The van der Waals surface area contributed by atoms with Crippen molar-refractivity contribution >= 4 is 40.6 Å². The highest BCUT2D eigenvalue weighted by Crippen LogP contribution is 2.47. The molecule has 70 heavy (non-hydrogen) atoms. The van der Waals surface area contributed by atoms with E-state index in [-0.39, 0.29) is 35.7 Å². The Kier molecular flexibility index (Phi) is 21.9. The number of benzene rings is 3. The maximum Gasteiger partial charge on any atom is 0.430 e. The average molecular weight is 996 g/mol. The number of rotatable bonds is 25. The zero-order chi connectivity index (χ0) is 50.6. The number of carbonyl (C=O) groups is 2. The number of halogens is 4. The van der Waals surface area contributed by atoms with Crippen molar-refractivity contribution in [2.45, 2.75) is 70.4 Å². The number of hydrogen-bond donors (Lipinski definition) is 0. The van der Waals surface area contributed by atoms with Crippen LogP contribution in [-0.4, -0.2) is 121 Å². The van der Waals surface area contributed by atoms with E-state index >= 15 is 0 Å². The van der Waals surface area contributed by atoms with Gasteiger partial charge in [0.2, 0.25) is 5.69 Å². The van der Waals surface area contributed by atoms with E-state index in [2.05, 4.69) is 110 Å². The van der Waals surface area contributed by atoms with Crippen molar-refractivity contribution in [2.75, 3.05) is 97.8 Å². The lowest BCUT2D eigenvalue weighted by Crippen LogP contribution is -2.37. The number of nitrogens with zero attached hydrogens (tertiary/aromatic N) is 2. The number of carboxylic acid groups (broad SMARTS) is 1. The molecule has 1 unspecified atom stereocenters. The van der Waals surface area contributed by atoms with Crippen LogP contribution in [0.3, 0.4) is 0 Å². The summed E-state index contributed by atoms with van der Waals surface area (Å²) in [5.74, 6) is -2.72. The molecular weight excluding hydrogens is 929 g/mol. The number of fused-ring (bicyclic) bond motifs is 2. The van der Waals surface area contributed by atoms with Gasteiger partial charge in [0.05, 0.1) is 83.6 Å². The van der Waals surface area contributed by atoms with Gasteiger partial charge >= 0.3 is 12.1 Å². The van der Waals surface area contributed by atoms with Crippen LogP contribution < -0.4 is 14.7 Å². The van der Waals surface area contributed by atoms with Crippen molar-refractivity contribution in [1.29, 1.82) is 0 Å². The van der Waals surface area contributed by atoms with E-state index in [1.807, 2.05) is 18.2 Å². The zero-order valence-corrected chi connectivity index (χ0v) is 41.6. The predicted molar refractivity (Wildman–Crippen MR) is 261 cm³/mol. The first-order valence-corrected chi connectivity index (χ1v) is 24.0. The number of aliphatic carboxylic acids is 1. The molecule has 3 aliphatic rings. The van der Waals surface area contributed by atoms with Crippen molar-refractivity contribution in [3.8, 4) is 5.75 Å². The minimum atomic E-state index is -5.19. The standard InChI is InChI=1S/C52H66ClN2O8.C2HF3O2/c1-51(2)43-18-9-11-20-45(43)54(27-30-59-35-34-58-29-26-49(56)63-42-16-7-6-8-17-42)47(51)24-22-40-14-13-15-41(50(40)53)23-25-48-52(3,4)44-19-10-12-21-46(44)55(48)28-31-60-36-37-62-39-38-61-33-32-57-5;3-2(4,5)1(6)7/h6-12,16-24,41H,13-15,26-39H2,1-5H3;(H,6,7)/q+1;/p-1/b24-22+;. The Morgan fingerprint density at radius 3 is 2.00 bits per heavy atom. The second-order valence-corrected chi connectivity index (χ2v) is 18.1. The molecule has 16 heteroatoms. The normalized spacial score (nSPS) is 17.0. The van der Waals surface area contributed by atoms with Crippen LogP contribution in [0.15, 0.2) is 119 Å². The number of allylic oxidation sites excluding steroid dienone is 5. The molecule has 0 fully saturated rings. The summed E-state index contributed by atoms with van der Waals surface area (Å²) in [7, 11) is 1.66. The Hall–Kier alpha value is -5.09. The first-order chi connectivity index (χ1) is 33.6. The van der Waals surface area contributed by atoms with Gasteiger partial charge in [-0.2, -0.15) is 17.7 Å². The molecular formula is C54H66ClF3N2O10. The third-order valence-corrected chi connectivity index (χ3v) is 12.6. The van der Waals surface area contributed by atoms with Gasteiger partial charge in [0.1, 0.15) is 18.3 Å². The molecule has 0 spiro atoms. The Labute approximate surface area is 414 Å². The number of hydrogen-bond acceptors (Lipinski definition) is 11. The molecule has 2 aliphatic heterocycles. The largest absolute Gasteiger partial charge is 0.542 e. The Bertz CT molecular complexity index is 2340. The van der Waals surface area contributed by atoms with Gasteiger partial charge in [-0.05, 0) is 82.4 Å². The molecule has 12 nitrogen and oxygen atoms in total. The van der Waals surface area contributed by atoms with Crippen molar-refractivity contribution in [3.05, 3.63) is 130 Å². The zero-order valence-electron chi connectivity index (χ0n) is 40.8. The summed E-state index contributed by atoms with van der Waals surface area (Å²) in [5.41, 5.74) is 11.8. The van der Waals surface area contributed by atoms with Crippen molar-refractivity contribution in [1.82, 2.24) is 0 Å². The summed E-state index contributed by atoms with van der Waals surface area (Å²) in [5, 5.41) is 9.67. The molecule has 0 radical (unpaired) electrons. The third kappa shape index (κ3) is 16.0. The third-order valence-electron chi connectivity index (χ3n) is 12.1. The van der Waals surface area contributed by atoms with Gasteiger partial charge < -0.3 is 48.0 Å². The van der Waals surface area contributed by atoms with Crippen LogP contribution in [0.2, 0.25) is 0 Å². The molecule has 6 rings (SSSR count). The van der Waals surface area contributed by atoms with Crippen LogP contribution >= 0.6 is 11.6 Å². The average Bonchev–Trinajstić information content (AvgIpc) is 3.68. The fraction of sp³-hybridized carbons (Fsp3) is 0.481. The topological polar surface area (TPSA) is 128 Å². The van der Waals surface area contributed by atoms with E-state index in [1.54, 1.807) is 19.2 Å². The Morgan fingerprint density at radius 2 is 1.34 bits per heavy atom. The highest BCUT2D eigenvalue weighted by Gasteiger charge is 2.44. The minimum Gasteiger partial charge on any atom is -0.542 e. The molecule has 1 aliphatic carbocycles. The monoisotopic (exact) mass is 994 g/mol. The van der Waals surface area contributed by atoms with Crippen molar-refractivity contribution in [3.63, 3.8) is 0 Å². The maximum absolute atomic E-state index is 12.1. The molecule has 0 amide bonds. The number of methoxy groups -OCH3 is 1. The number of alkyl halides is 3. The van der Waals surface area contributed by atoms with E-state index in [4.69, 9.17) is 54.7 Å². The van der Waals surface area contributed by atoms with Gasteiger partial charge in [0.15, 0.2) is 12.3 Å². The van der Waals surface area contributed by atoms with E-state index < -0.39 is 12.1 Å². The lowest BCUT2D eigenvalue weighted by molar-refractivity contribution is -0.442. The SMILES string of the molecule is COCCOCCOCCOCCN1C(=C=CC2CCCC(/C=C/C3=[N+](CCOCCOCCC(=O)Oc4ccccc4)c4ccccc4C3(C)C)=C2Cl)C(C)(C)c2ccccc21.O=C([O-])C(F)(F)F. The first-order valence-electron chi connectivity index (χ1n) is 23.6. The van der Waals surface area contributed by atoms with E-state index in [9.17, 15) is 18.0 Å². The number of carboxylic acids is 1. The summed E-state index contributed by atoms with van der Waals surface area (Å²) in [6, 6.07) is 26.3. The van der Waals surface area contributed by atoms with Gasteiger partial charge in [-0.3, -0.25) is 4.79 Å². The number of anilines is 1. The molecule has 0 bridgehead atoms. The molecule has 380 valence electrons. The number of carbonyl (C=O) groups excluding carboxylic acids is 2. The lowest BCUT2D eigenvalue weighted by atomic mass is 9.81. The smallest absolute Gasteiger partial charge is 0.430 e. The minimum absolute atomic E-state index is 0.0702. The molecule has 3 aromatic rings. The number of esters is 1. The van der Waals surface area contributed by atoms with Crippen molar-refractivity contribution < 1.29 is 65.6 Å². The van der Waals surface area contributed by atoms with E-state index in [0.717, 1.165) is 30.0 Å². The summed E-state index contributed by atoms with van der Waals surface area (Å²) in [4.78, 5) is 23.3. The van der Waals surface area contributed by atoms with Gasteiger partial charge in [-0.1, -0.05) is 72.3 Å². The van der Waals surface area contributed by atoms with E-state index in [1.165, 1.54) is 33.8 Å². The molecule has 0 aromatic heterocycles. The Balaban J connectivity index is 0.00000121. The summed E-state index contributed by atoms with van der Waals surface area (Å²) in [6.45, 7) is 16.0. The molecule has 1 atom stereocenters. The molecule has 3 aromatic carbocycles. The highest BCUT2D eigenvalue weighted by atomic mass is 35.5. The van der Waals surface area contributed by atoms with Gasteiger partial charge in [-0.15, -0.1) is 5.73 Å². The molecule has 0 saturated heterocycles. The predicted octanol–water partition coefficient (Wildman–Crippen LogP) is 8.77. The van der Waals surface area contributed by atoms with Gasteiger partial charge in [-0.25, -0.2) is 0 Å². The number of para-hydroxylation sites is 3. The first kappa shape index (κ1) is 55.8. The van der Waals surface area contributed by atoms with Crippen LogP contribution in [0.4, 0.5) is 24.5 Å². The van der Waals surface area contributed by atoms with Crippen LogP contribution in [0, 0.1) is 5.92 Å². The maximum atomic E-state index is 12.1. The van der Waals surface area contributed by atoms with Crippen LogP contribution in [0.25, 0.3) is 0 Å². The second kappa shape index (κ2) is 27.5. The molecule has 0 N–H and O–H groups in total. The Morgan fingerprint density at radius 1 is 0.771 bits per heavy atom. The van der Waals surface area contributed by atoms with E-state index in [0.29, 0.717) is 84.9 Å². The summed E-state index contributed by atoms with van der Waals surface area (Å²) >= 11 is 7.32. The molecule has 0 saturated carbocycles. The summed E-state index contributed by atoms with van der Waals surface area (Å²) < 4.78 is 73.1. The van der Waals surface area contributed by atoms with Crippen LogP contribution in [0.1, 0.15) is 64.5 Å². The lowest BCUT2D eigenvalue weighted by Gasteiger charge is -2.26. The van der Waals surface area contributed by atoms with Crippen LogP contribution in [-0.2, 0) is 48.8 Å².